The van der Waals surface area contributed by atoms with Crippen LogP contribution in [0.2, 0.25) is 0 Å². The summed E-state index contributed by atoms with van der Waals surface area (Å²) in [6.07, 6.45) is 0.534. The van der Waals surface area contributed by atoms with E-state index >= 15 is 0 Å². The van der Waals surface area contributed by atoms with E-state index in [0.29, 0.717) is 22.6 Å². The Kier molecular flexibility index (Phi) is 5.28. The molecule has 0 amide bonds. The largest absolute Gasteiger partial charge is 0.497 e. The molecule has 0 aromatic heterocycles. The SMILES string of the molecule is CCC(C(=O)c1ccccc1)S(=O)c1ccc(OC)cc1. The predicted molar refractivity (Wildman–Crippen MR) is 84.3 cm³/mol. The van der Waals surface area contributed by atoms with E-state index in [1.165, 1.54) is 0 Å². The summed E-state index contributed by atoms with van der Waals surface area (Å²) < 4.78 is 17.7. The summed E-state index contributed by atoms with van der Waals surface area (Å²) in [4.78, 5) is 13.1. The zero-order chi connectivity index (χ0) is 15.2. The van der Waals surface area contributed by atoms with Gasteiger partial charge in [-0.2, -0.15) is 0 Å². The third-order valence-electron chi connectivity index (χ3n) is 3.27. The van der Waals surface area contributed by atoms with Crippen LogP contribution in [0.3, 0.4) is 0 Å². The van der Waals surface area contributed by atoms with Crippen molar-refractivity contribution in [3.8, 4) is 5.75 Å². The van der Waals surface area contributed by atoms with Gasteiger partial charge >= 0.3 is 0 Å². The number of Topliss-reactive ketones (excluding diaryl/α,β-unsaturated/α-hetero) is 1. The minimum atomic E-state index is -1.37. The second-order valence-corrected chi connectivity index (χ2v) is 6.24. The van der Waals surface area contributed by atoms with E-state index in [4.69, 9.17) is 4.74 Å². The van der Waals surface area contributed by atoms with Crippen molar-refractivity contribution < 1.29 is 13.7 Å². The lowest BCUT2D eigenvalue weighted by Crippen LogP contribution is -2.25. The van der Waals surface area contributed by atoms with Crippen molar-refractivity contribution in [3.05, 3.63) is 60.2 Å². The van der Waals surface area contributed by atoms with Gasteiger partial charge in [-0.25, -0.2) is 0 Å². The fourth-order valence-corrected chi connectivity index (χ4v) is 3.46. The smallest absolute Gasteiger partial charge is 0.178 e. The number of benzene rings is 2. The van der Waals surface area contributed by atoms with Crippen molar-refractivity contribution in [3.63, 3.8) is 0 Å². The summed E-state index contributed by atoms with van der Waals surface area (Å²) in [6, 6.07) is 16.0. The minimum absolute atomic E-state index is 0.0766. The predicted octanol–water partition coefficient (Wildman–Crippen LogP) is 3.46. The standard InChI is InChI=1S/C17H18O3S/c1-3-16(17(18)13-7-5-4-6-8-13)21(19)15-11-9-14(20-2)10-12-15/h4-12,16H,3H2,1-2H3. The van der Waals surface area contributed by atoms with Crippen molar-refractivity contribution in [2.75, 3.05) is 7.11 Å². The molecule has 0 N–H and O–H groups in total. The molecule has 0 radical (unpaired) electrons. The molecule has 0 spiro atoms. The lowest BCUT2D eigenvalue weighted by atomic mass is 10.1. The molecule has 0 heterocycles. The summed E-state index contributed by atoms with van der Waals surface area (Å²) in [5.74, 6) is 0.630. The molecule has 0 aliphatic rings. The molecule has 0 bridgehead atoms. The maximum absolute atomic E-state index is 12.6. The highest BCUT2D eigenvalue weighted by atomic mass is 32.2. The lowest BCUT2D eigenvalue weighted by Gasteiger charge is -2.14. The van der Waals surface area contributed by atoms with E-state index in [0.717, 1.165) is 0 Å². The van der Waals surface area contributed by atoms with Crippen molar-refractivity contribution >= 4 is 16.6 Å². The molecular weight excluding hydrogens is 284 g/mol. The van der Waals surface area contributed by atoms with Crippen LogP contribution >= 0.6 is 0 Å². The van der Waals surface area contributed by atoms with Gasteiger partial charge in [0.05, 0.1) is 17.9 Å². The van der Waals surface area contributed by atoms with Gasteiger partial charge in [0.25, 0.3) is 0 Å². The van der Waals surface area contributed by atoms with Crippen LogP contribution in [0.25, 0.3) is 0 Å². The molecule has 2 rings (SSSR count). The molecule has 0 aliphatic heterocycles. The average Bonchev–Trinajstić information content (AvgIpc) is 2.56. The molecule has 2 aromatic rings. The topological polar surface area (TPSA) is 43.4 Å². The van der Waals surface area contributed by atoms with Gasteiger partial charge in [0.15, 0.2) is 5.78 Å². The number of methoxy groups -OCH3 is 1. The summed E-state index contributed by atoms with van der Waals surface area (Å²) in [5.41, 5.74) is 0.603. The van der Waals surface area contributed by atoms with Gasteiger partial charge < -0.3 is 4.74 Å². The maximum Gasteiger partial charge on any atom is 0.178 e. The fourth-order valence-electron chi connectivity index (χ4n) is 2.10. The molecule has 0 fully saturated rings. The van der Waals surface area contributed by atoms with Crippen molar-refractivity contribution in [1.82, 2.24) is 0 Å². The number of carbonyl (C=O) groups excluding carboxylic acids is 1. The van der Waals surface area contributed by atoms with Crippen LogP contribution in [0, 0.1) is 0 Å². The van der Waals surface area contributed by atoms with Crippen LogP contribution in [-0.4, -0.2) is 22.4 Å². The number of hydrogen-bond donors (Lipinski definition) is 0. The molecular formula is C17H18O3S. The molecule has 21 heavy (non-hydrogen) atoms. The molecule has 3 nitrogen and oxygen atoms in total. The Labute approximate surface area is 127 Å². The summed E-state index contributed by atoms with van der Waals surface area (Å²) in [7, 11) is 0.216. The van der Waals surface area contributed by atoms with E-state index in [-0.39, 0.29) is 5.78 Å². The van der Waals surface area contributed by atoms with Crippen LogP contribution in [0.15, 0.2) is 59.5 Å². The number of rotatable bonds is 6. The van der Waals surface area contributed by atoms with Gasteiger partial charge in [0.2, 0.25) is 0 Å². The normalized spacial score (nSPS) is 13.4. The first-order chi connectivity index (χ1) is 10.2. The Morgan fingerprint density at radius 1 is 1.10 bits per heavy atom. The van der Waals surface area contributed by atoms with Crippen LogP contribution in [0.1, 0.15) is 23.7 Å². The van der Waals surface area contributed by atoms with E-state index in [2.05, 4.69) is 0 Å². The third kappa shape index (κ3) is 3.58. The Morgan fingerprint density at radius 3 is 2.24 bits per heavy atom. The zero-order valence-electron chi connectivity index (χ0n) is 12.1. The molecule has 0 saturated carbocycles. The van der Waals surface area contributed by atoms with Gasteiger partial charge in [0, 0.05) is 10.5 Å². The molecule has 2 unspecified atom stereocenters. The van der Waals surface area contributed by atoms with Gasteiger partial charge in [-0.1, -0.05) is 37.3 Å². The van der Waals surface area contributed by atoms with Gasteiger partial charge in [-0.15, -0.1) is 0 Å². The fraction of sp³-hybridized carbons (Fsp3) is 0.235. The average molecular weight is 302 g/mol. The highest BCUT2D eigenvalue weighted by molar-refractivity contribution is 7.86. The number of ether oxygens (including phenoxy) is 1. The van der Waals surface area contributed by atoms with Gasteiger partial charge in [-0.3, -0.25) is 9.00 Å². The highest BCUT2D eigenvalue weighted by Crippen LogP contribution is 2.20. The maximum atomic E-state index is 12.6. The second kappa shape index (κ2) is 7.18. The molecule has 4 heteroatoms. The van der Waals surface area contributed by atoms with Gasteiger partial charge in [-0.05, 0) is 30.7 Å². The lowest BCUT2D eigenvalue weighted by molar-refractivity contribution is 0.0986. The van der Waals surface area contributed by atoms with Crippen molar-refractivity contribution in [1.29, 1.82) is 0 Å². The van der Waals surface area contributed by atoms with E-state index in [1.54, 1.807) is 43.5 Å². The van der Waals surface area contributed by atoms with E-state index < -0.39 is 16.0 Å². The summed E-state index contributed by atoms with van der Waals surface area (Å²) in [5, 5.41) is -0.527. The van der Waals surface area contributed by atoms with Crippen LogP contribution in [-0.2, 0) is 10.8 Å². The molecule has 2 atom stereocenters. The highest BCUT2D eigenvalue weighted by Gasteiger charge is 2.25. The first-order valence-corrected chi connectivity index (χ1v) is 8.02. The summed E-state index contributed by atoms with van der Waals surface area (Å²) in [6.45, 7) is 1.88. The third-order valence-corrected chi connectivity index (χ3v) is 5.07. The first kappa shape index (κ1) is 15.4. The minimum Gasteiger partial charge on any atom is -0.497 e. The molecule has 2 aromatic carbocycles. The second-order valence-electron chi connectivity index (χ2n) is 4.60. The number of carbonyl (C=O) groups is 1. The zero-order valence-corrected chi connectivity index (χ0v) is 12.9. The van der Waals surface area contributed by atoms with Gasteiger partial charge in [0.1, 0.15) is 11.0 Å². The van der Waals surface area contributed by atoms with Crippen LogP contribution in [0.5, 0.6) is 5.75 Å². The number of ketones is 1. The Hall–Kier alpha value is -1.94. The Balaban J connectivity index is 2.23. The van der Waals surface area contributed by atoms with E-state index in [1.807, 2.05) is 25.1 Å². The van der Waals surface area contributed by atoms with Crippen molar-refractivity contribution in [2.24, 2.45) is 0 Å². The first-order valence-electron chi connectivity index (χ1n) is 6.81. The van der Waals surface area contributed by atoms with Crippen LogP contribution in [0.4, 0.5) is 0 Å². The van der Waals surface area contributed by atoms with Crippen LogP contribution < -0.4 is 4.74 Å². The quantitative estimate of drug-likeness (QED) is 0.767. The van der Waals surface area contributed by atoms with Crippen molar-refractivity contribution in [2.45, 2.75) is 23.5 Å². The van der Waals surface area contributed by atoms with E-state index in [9.17, 15) is 9.00 Å². The Morgan fingerprint density at radius 2 is 1.71 bits per heavy atom. The molecule has 0 aliphatic carbocycles. The Bertz CT molecular complexity index is 620. The monoisotopic (exact) mass is 302 g/mol. The molecule has 110 valence electrons. The molecule has 0 saturated heterocycles. The number of hydrogen-bond acceptors (Lipinski definition) is 3. The summed E-state index contributed by atoms with van der Waals surface area (Å²) >= 11 is 0.